The lowest BCUT2D eigenvalue weighted by Crippen LogP contribution is -2.29. The van der Waals surface area contributed by atoms with Crippen molar-refractivity contribution in [3.05, 3.63) is 52.2 Å². The molecule has 1 aromatic heterocycles. The van der Waals surface area contributed by atoms with Crippen molar-refractivity contribution in [3.8, 4) is 0 Å². The van der Waals surface area contributed by atoms with Gasteiger partial charge in [-0.2, -0.15) is 0 Å². The molecule has 5 nitrogen and oxygen atoms in total. The molecule has 0 bridgehead atoms. The highest BCUT2D eigenvalue weighted by Crippen LogP contribution is 2.28. The second-order valence-corrected chi connectivity index (χ2v) is 6.44. The molecule has 0 aliphatic carbocycles. The number of benzene rings is 1. The summed E-state index contributed by atoms with van der Waals surface area (Å²) in [5, 5.41) is 4.72. The van der Waals surface area contributed by atoms with Gasteiger partial charge in [0.15, 0.2) is 0 Å². The monoisotopic (exact) mass is 340 g/mol. The Bertz CT molecular complexity index is 809. The minimum absolute atomic E-state index is 0.182. The summed E-state index contributed by atoms with van der Waals surface area (Å²) in [6, 6.07) is 8.99. The van der Waals surface area contributed by atoms with E-state index < -0.39 is 0 Å². The molecule has 1 N–H and O–H groups in total. The molecular formula is C18H16N2O3S. The number of nitrogens with one attached hydrogen (secondary N) is 1. The minimum atomic E-state index is -0.233. The van der Waals surface area contributed by atoms with Gasteiger partial charge in [0.1, 0.15) is 0 Å². The van der Waals surface area contributed by atoms with E-state index in [1.807, 2.05) is 24.4 Å². The highest BCUT2D eigenvalue weighted by Gasteiger charge is 2.31. The second-order valence-electron chi connectivity index (χ2n) is 5.46. The number of thiophene rings is 1. The first-order valence-electron chi connectivity index (χ1n) is 7.53. The average molecular weight is 340 g/mol. The van der Waals surface area contributed by atoms with E-state index >= 15 is 0 Å². The van der Waals surface area contributed by atoms with Crippen LogP contribution in [-0.4, -0.2) is 17.7 Å². The van der Waals surface area contributed by atoms with Gasteiger partial charge in [-0.15, -0.1) is 11.3 Å². The Labute approximate surface area is 143 Å². The first-order chi connectivity index (χ1) is 11.5. The molecule has 122 valence electrons. The Balaban J connectivity index is 1.72. The Morgan fingerprint density at radius 2 is 1.96 bits per heavy atom. The lowest BCUT2D eigenvalue weighted by Gasteiger charge is -2.17. The molecule has 0 atom stereocenters. The maximum Gasteiger partial charge on any atom is 0.248 e. The van der Waals surface area contributed by atoms with Gasteiger partial charge in [-0.05, 0) is 48.2 Å². The van der Waals surface area contributed by atoms with Crippen molar-refractivity contribution in [3.63, 3.8) is 0 Å². The van der Waals surface area contributed by atoms with Crippen molar-refractivity contribution >= 4 is 46.5 Å². The van der Waals surface area contributed by atoms with Gasteiger partial charge in [0, 0.05) is 29.5 Å². The van der Waals surface area contributed by atoms with E-state index in [4.69, 9.17) is 0 Å². The number of imide groups is 1. The van der Waals surface area contributed by atoms with Gasteiger partial charge >= 0.3 is 0 Å². The molecule has 1 aliphatic heterocycles. The van der Waals surface area contributed by atoms with Crippen molar-refractivity contribution in [1.82, 2.24) is 0 Å². The van der Waals surface area contributed by atoms with Gasteiger partial charge in [0.2, 0.25) is 17.7 Å². The van der Waals surface area contributed by atoms with Gasteiger partial charge in [0.05, 0.1) is 5.69 Å². The Morgan fingerprint density at radius 1 is 1.21 bits per heavy atom. The Hall–Kier alpha value is -2.73. The molecule has 3 amide bonds. The summed E-state index contributed by atoms with van der Waals surface area (Å²) in [6.45, 7) is 1.81. The Morgan fingerprint density at radius 3 is 2.58 bits per heavy atom. The van der Waals surface area contributed by atoms with Gasteiger partial charge in [-0.3, -0.25) is 19.3 Å². The zero-order chi connectivity index (χ0) is 17.1. The number of hydrogen-bond acceptors (Lipinski definition) is 4. The highest BCUT2D eigenvalue weighted by molar-refractivity contribution is 7.10. The topological polar surface area (TPSA) is 66.5 Å². The molecule has 1 aromatic carbocycles. The molecule has 3 rings (SSSR count). The standard InChI is InChI=1S/C18H16N2O3S/c1-12-11-13(19-16(21)7-5-14-3-2-10-24-14)4-6-15(12)20-17(22)8-9-18(20)23/h2-7,10-11H,8-9H2,1H3,(H,19,21)/b7-5+. The van der Waals surface area contributed by atoms with Gasteiger partial charge < -0.3 is 5.32 Å². The van der Waals surface area contributed by atoms with Crippen LogP contribution in [0.5, 0.6) is 0 Å². The van der Waals surface area contributed by atoms with Crippen LogP contribution in [0.1, 0.15) is 23.3 Å². The van der Waals surface area contributed by atoms with Crippen LogP contribution in [0.3, 0.4) is 0 Å². The lowest BCUT2D eigenvalue weighted by molar-refractivity contribution is -0.121. The van der Waals surface area contributed by atoms with E-state index in [1.54, 1.807) is 35.6 Å². The zero-order valence-corrected chi connectivity index (χ0v) is 13.9. The number of aryl methyl sites for hydroxylation is 1. The van der Waals surface area contributed by atoms with Crippen LogP contribution >= 0.6 is 11.3 Å². The second kappa shape index (κ2) is 6.80. The summed E-state index contributed by atoms with van der Waals surface area (Å²) in [7, 11) is 0. The molecule has 1 saturated heterocycles. The third kappa shape index (κ3) is 3.44. The number of anilines is 2. The largest absolute Gasteiger partial charge is 0.323 e. The maximum absolute atomic E-state index is 12.0. The van der Waals surface area contributed by atoms with E-state index in [-0.39, 0.29) is 30.6 Å². The van der Waals surface area contributed by atoms with Crippen LogP contribution in [0.15, 0.2) is 41.8 Å². The summed E-state index contributed by atoms with van der Waals surface area (Å²) in [5.41, 5.74) is 1.96. The third-order valence-corrected chi connectivity index (χ3v) is 4.54. The van der Waals surface area contributed by atoms with E-state index in [2.05, 4.69) is 5.32 Å². The Kier molecular flexibility index (Phi) is 4.57. The number of carbonyl (C=O) groups excluding carboxylic acids is 3. The summed E-state index contributed by atoms with van der Waals surface area (Å²) < 4.78 is 0. The predicted molar refractivity (Wildman–Crippen MR) is 94.9 cm³/mol. The molecule has 0 radical (unpaired) electrons. The first-order valence-corrected chi connectivity index (χ1v) is 8.41. The van der Waals surface area contributed by atoms with Crippen LogP contribution < -0.4 is 10.2 Å². The molecule has 2 aromatic rings. The number of rotatable bonds is 4. The maximum atomic E-state index is 12.0. The molecule has 0 saturated carbocycles. The fraction of sp³-hybridized carbons (Fsp3) is 0.167. The van der Waals surface area contributed by atoms with Crippen molar-refractivity contribution < 1.29 is 14.4 Å². The van der Waals surface area contributed by atoms with E-state index in [1.165, 1.54) is 11.0 Å². The summed E-state index contributed by atoms with van der Waals surface area (Å²) in [4.78, 5) is 37.8. The fourth-order valence-electron chi connectivity index (χ4n) is 2.56. The molecule has 6 heteroatoms. The molecule has 0 unspecified atom stereocenters. The van der Waals surface area contributed by atoms with Crippen molar-refractivity contribution in [1.29, 1.82) is 0 Å². The summed E-state index contributed by atoms with van der Waals surface area (Å²) in [5.74, 6) is -0.596. The number of nitrogens with zero attached hydrogens (tertiary/aromatic N) is 1. The van der Waals surface area contributed by atoms with Crippen LogP contribution in [0, 0.1) is 6.92 Å². The quantitative estimate of drug-likeness (QED) is 0.685. The zero-order valence-electron chi connectivity index (χ0n) is 13.1. The molecule has 2 heterocycles. The van der Waals surface area contributed by atoms with Crippen LogP contribution in [-0.2, 0) is 14.4 Å². The average Bonchev–Trinajstić information content (AvgIpc) is 3.17. The fourth-order valence-corrected chi connectivity index (χ4v) is 3.18. The van der Waals surface area contributed by atoms with Crippen LogP contribution in [0.2, 0.25) is 0 Å². The normalized spacial score (nSPS) is 14.6. The number of hydrogen-bond donors (Lipinski definition) is 1. The van der Waals surface area contributed by atoms with Crippen LogP contribution in [0.4, 0.5) is 11.4 Å². The predicted octanol–water partition coefficient (Wildman–Crippen LogP) is 3.36. The van der Waals surface area contributed by atoms with Crippen molar-refractivity contribution in [2.24, 2.45) is 0 Å². The first kappa shape index (κ1) is 16.1. The van der Waals surface area contributed by atoms with Gasteiger partial charge in [0.25, 0.3) is 0 Å². The molecule has 0 spiro atoms. The van der Waals surface area contributed by atoms with E-state index in [0.29, 0.717) is 11.4 Å². The molecule has 1 fully saturated rings. The molecular weight excluding hydrogens is 324 g/mol. The SMILES string of the molecule is Cc1cc(NC(=O)/C=C/c2cccs2)ccc1N1C(=O)CCC1=O. The minimum Gasteiger partial charge on any atom is -0.323 e. The molecule has 1 aliphatic rings. The summed E-state index contributed by atoms with van der Waals surface area (Å²) in [6.07, 6.45) is 3.74. The smallest absolute Gasteiger partial charge is 0.248 e. The molecule has 24 heavy (non-hydrogen) atoms. The highest BCUT2D eigenvalue weighted by atomic mass is 32.1. The lowest BCUT2D eigenvalue weighted by atomic mass is 10.1. The van der Waals surface area contributed by atoms with Gasteiger partial charge in [-0.25, -0.2) is 0 Å². The number of carbonyl (C=O) groups is 3. The number of amides is 3. The third-order valence-electron chi connectivity index (χ3n) is 3.70. The van der Waals surface area contributed by atoms with Crippen molar-refractivity contribution in [2.75, 3.05) is 10.2 Å². The van der Waals surface area contributed by atoms with Gasteiger partial charge in [-0.1, -0.05) is 6.07 Å². The summed E-state index contributed by atoms with van der Waals surface area (Å²) >= 11 is 1.55. The van der Waals surface area contributed by atoms with Crippen molar-refractivity contribution in [2.45, 2.75) is 19.8 Å². The van der Waals surface area contributed by atoms with E-state index in [9.17, 15) is 14.4 Å². The van der Waals surface area contributed by atoms with E-state index in [0.717, 1.165) is 10.4 Å². The van der Waals surface area contributed by atoms with Crippen LogP contribution in [0.25, 0.3) is 6.08 Å².